The molecule has 27 heavy (non-hydrogen) atoms. The summed E-state index contributed by atoms with van der Waals surface area (Å²) in [6.07, 6.45) is 1.90. The van der Waals surface area contributed by atoms with Crippen molar-refractivity contribution in [2.24, 2.45) is 22.8 Å². The van der Waals surface area contributed by atoms with Crippen molar-refractivity contribution in [1.29, 1.82) is 0 Å². The number of aryl methyl sites for hydroxylation is 1. The van der Waals surface area contributed by atoms with Crippen LogP contribution in [0.3, 0.4) is 0 Å². The van der Waals surface area contributed by atoms with Crippen LogP contribution in [0.4, 0.5) is 0 Å². The van der Waals surface area contributed by atoms with Gasteiger partial charge in [-0.2, -0.15) is 0 Å². The molecule has 0 radical (unpaired) electrons. The number of hydrogen-bond acceptors (Lipinski definition) is 3. The summed E-state index contributed by atoms with van der Waals surface area (Å²) in [4.78, 5) is 35.7. The second-order valence-corrected chi connectivity index (χ2v) is 8.19. The van der Waals surface area contributed by atoms with Crippen molar-refractivity contribution in [3.05, 3.63) is 35.4 Å². The summed E-state index contributed by atoms with van der Waals surface area (Å²) in [6.45, 7) is 5.45. The fourth-order valence-electron chi connectivity index (χ4n) is 2.89. The average molecular weight is 396 g/mol. The number of nitrogens with one attached hydrogen (secondary N) is 1. The van der Waals surface area contributed by atoms with Gasteiger partial charge < -0.3 is 16.8 Å². The van der Waals surface area contributed by atoms with E-state index >= 15 is 0 Å². The van der Waals surface area contributed by atoms with Crippen molar-refractivity contribution < 1.29 is 14.4 Å². The van der Waals surface area contributed by atoms with Gasteiger partial charge in [0.05, 0.1) is 0 Å². The van der Waals surface area contributed by atoms with Gasteiger partial charge >= 0.3 is 0 Å². The first-order chi connectivity index (χ1) is 12.5. The van der Waals surface area contributed by atoms with Crippen LogP contribution < -0.4 is 16.8 Å². The molecule has 1 aromatic rings. The van der Waals surface area contributed by atoms with E-state index < -0.39 is 29.2 Å². The maximum absolute atomic E-state index is 12.6. The van der Waals surface area contributed by atoms with Gasteiger partial charge in [0, 0.05) is 18.2 Å². The van der Waals surface area contributed by atoms with Gasteiger partial charge in [0.2, 0.25) is 17.7 Å². The molecule has 3 amide bonds. The van der Waals surface area contributed by atoms with Crippen molar-refractivity contribution in [1.82, 2.24) is 5.32 Å². The Kier molecular flexibility index (Phi) is 8.76. The molecule has 0 spiro atoms. The number of nitrogens with two attached hydrogens (primary N) is 2. The summed E-state index contributed by atoms with van der Waals surface area (Å²) in [5.41, 5.74) is 12.4. The molecule has 0 aliphatic heterocycles. The van der Waals surface area contributed by atoms with Gasteiger partial charge in [-0.1, -0.05) is 45.0 Å². The van der Waals surface area contributed by atoms with Gasteiger partial charge in [0.25, 0.3) is 0 Å². The SMILES string of the molecule is CC(C)(C)[C@H](NC(=O)[C@H](CCCc1ccc(CCl)cc1)CC(N)=O)C(N)=O. The maximum atomic E-state index is 12.6. The lowest BCUT2D eigenvalue weighted by Crippen LogP contribution is -2.53. The van der Waals surface area contributed by atoms with Gasteiger partial charge in [-0.05, 0) is 35.8 Å². The fourth-order valence-corrected chi connectivity index (χ4v) is 3.07. The minimum atomic E-state index is -0.816. The van der Waals surface area contributed by atoms with Crippen LogP contribution in [0, 0.1) is 11.3 Å². The van der Waals surface area contributed by atoms with Crippen molar-refractivity contribution in [2.75, 3.05) is 0 Å². The molecule has 0 heterocycles. The van der Waals surface area contributed by atoms with Crippen LogP contribution >= 0.6 is 11.6 Å². The Morgan fingerprint density at radius 2 is 1.63 bits per heavy atom. The minimum Gasteiger partial charge on any atom is -0.370 e. The van der Waals surface area contributed by atoms with E-state index in [9.17, 15) is 14.4 Å². The monoisotopic (exact) mass is 395 g/mol. The lowest BCUT2D eigenvalue weighted by atomic mass is 9.85. The number of amides is 3. The second-order valence-electron chi connectivity index (χ2n) is 7.92. The molecule has 7 heteroatoms. The molecule has 0 aromatic heterocycles. The third-order valence-corrected chi connectivity index (χ3v) is 4.76. The Morgan fingerprint density at radius 3 is 2.07 bits per heavy atom. The lowest BCUT2D eigenvalue weighted by molar-refractivity contribution is -0.133. The molecule has 0 aliphatic rings. The van der Waals surface area contributed by atoms with Crippen LogP contribution in [-0.2, 0) is 26.7 Å². The van der Waals surface area contributed by atoms with Crippen molar-refractivity contribution in [2.45, 2.75) is 58.4 Å². The number of carbonyl (C=O) groups excluding carboxylic acids is 3. The highest BCUT2D eigenvalue weighted by Gasteiger charge is 2.33. The molecule has 0 unspecified atom stereocenters. The van der Waals surface area contributed by atoms with E-state index in [1.807, 2.05) is 45.0 Å². The molecule has 2 atom stereocenters. The molecule has 0 aliphatic carbocycles. The van der Waals surface area contributed by atoms with Gasteiger partial charge in [-0.25, -0.2) is 0 Å². The Bertz CT molecular complexity index is 653. The molecule has 0 bridgehead atoms. The maximum Gasteiger partial charge on any atom is 0.240 e. The number of carbonyl (C=O) groups is 3. The summed E-state index contributed by atoms with van der Waals surface area (Å²) >= 11 is 5.78. The first kappa shape index (κ1) is 23.0. The Morgan fingerprint density at radius 1 is 1.07 bits per heavy atom. The zero-order valence-corrected chi connectivity index (χ0v) is 17.0. The van der Waals surface area contributed by atoms with Gasteiger partial charge in [0.1, 0.15) is 6.04 Å². The van der Waals surface area contributed by atoms with E-state index in [-0.39, 0.29) is 12.3 Å². The average Bonchev–Trinajstić information content (AvgIpc) is 2.57. The van der Waals surface area contributed by atoms with Gasteiger partial charge in [-0.15, -0.1) is 11.6 Å². The highest BCUT2D eigenvalue weighted by Crippen LogP contribution is 2.21. The molecule has 1 aromatic carbocycles. The van der Waals surface area contributed by atoms with E-state index in [1.165, 1.54) is 0 Å². The van der Waals surface area contributed by atoms with E-state index in [1.54, 1.807) is 0 Å². The van der Waals surface area contributed by atoms with Crippen LogP contribution in [-0.4, -0.2) is 23.8 Å². The van der Waals surface area contributed by atoms with Gasteiger partial charge in [-0.3, -0.25) is 14.4 Å². The normalized spacial score (nSPS) is 13.6. The topological polar surface area (TPSA) is 115 Å². The first-order valence-electron chi connectivity index (χ1n) is 9.06. The quantitative estimate of drug-likeness (QED) is 0.527. The number of halogens is 1. The highest BCUT2D eigenvalue weighted by atomic mass is 35.5. The summed E-state index contributed by atoms with van der Waals surface area (Å²) in [6, 6.07) is 7.13. The predicted molar refractivity (Wildman–Crippen MR) is 107 cm³/mol. The minimum absolute atomic E-state index is 0.0629. The standard InChI is InChI=1S/C20H30ClN3O3/c1-20(2,3)17(18(23)26)24-19(27)15(11-16(22)25)6-4-5-13-7-9-14(12-21)10-8-13/h7-10,15,17H,4-6,11-12H2,1-3H3,(H2,22,25)(H2,23,26)(H,24,27)/t15-,17-/m1/s1. The number of hydrogen-bond donors (Lipinski definition) is 3. The van der Waals surface area contributed by atoms with Crippen LogP contribution in [0.1, 0.15) is 51.2 Å². The first-order valence-corrected chi connectivity index (χ1v) is 9.59. The van der Waals surface area contributed by atoms with Crippen LogP contribution in [0.15, 0.2) is 24.3 Å². The third kappa shape index (κ3) is 7.99. The van der Waals surface area contributed by atoms with Gasteiger partial charge in [0.15, 0.2) is 0 Å². The van der Waals surface area contributed by atoms with Crippen molar-refractivity contribution >= 4 is 29.3 Å². The Hall–Kier alpha value is -2.08. The summed E-state index contributed by atoms with van der Waals surface area (Å²) < 4.78 is 0. The number of benzene rings is 1. The molecule has 0 fully saturated rings. The number of primary amides is 2. The van der Waals surface area contributed by atoms with E-state index in [0.717, 1.165) is 17.5 Å². The zero-order chi connectivity index (χ0) is 20.6. The summed E-state index contributed by atoms with van der Waals surface area (Å²) in [5.74, 6) is -1.64. The van der Waals surface area contributed by atoms with Crippen LogP contribution in [0.2, 0.25) is 0 Å². The largest absolute Gasteiger partial charge is 0.370 e. The summed E-state index contributed by atoms with van der Waals surface area (Å²) in [7, 11) is 0. The number of rotatable bonds is 10. The zero-order valence-electron chi connectivity index (χ0n) is 16.3. The molecule has 1 rings (SSSR count). The van der Waals surface area contributed by atoms with Crippen molar-refractivity contribution in [3.63, 3.8) is 0 Å². The van der Waals surface area contributed by atoms with E-state index in [0.29, 0.717) is 18.7 Å². The molecule has 150 valence electrons. The fraction of sp³-hybridized carbons (Fsp3) is 0.550. The highest BCUT2D eigenvalue weighted by molar-refractivity contribution is 6.17. The van der Waals surface area contributed by atoms with Crippen molar-refractivity contribution in [3.8, 4) is 0 Å². The van der Waals surface area contributed by atoms with Crippen LogP contribution in [0.5, 0.6) is 0 Å². The second kappa shape index (κ2) is 10.3. The smallest absolute Gasteiger partial charge is 0.240 e. The van der Waals surface area contributed by atoms with E-state index in [4.69, 9.17) is 23.1 Å². The molecular formula is C20H30ClN3O3. The molecule has 0 saturated carbocycles. The van der Waals surface area contributed by atoms with E-state index in [2.05, 4.69) is 5.32 Å². The lowest BCUT2D eigenvalue weighted by Gasteiger charge is -2.30. The van der Waals surface area contributed by atoms with Crippen LogP contribution in [0.25, 0.3) is 0 Å². The molecular weight excluding hydrogens is 366 g/mol. The molecule has 5 N–H and O–H groups in total. The Labute approximate surface area is 166 Å². The molecule has 6 nitrogen and oxygen atoms in total. The third-order valence-electron chi connectivity index (χ3n) is 4.45. The number of alkyl halides is 1. The predicted octanol–water partition coefficient (Wildman–Crippen LogP) is 2.26. The Balaban J connectivity index is 2.71. The summed E-state index contributed by atoms with van der Waals surface area (Å²) in [5, 5.41) is 2.69. The molecule has 0 saturated heterocycles.